The van der Waals surface area contributed by atoms with Gasteiger partial charge in [-0.15, -0.1) is 0 Å². The number of ether oxygens (including phenoxy) is 1. The first kappa shape index (κ1) is 17.0. The van der Waals surface area contributed by atoms with Crippen LogP contribution in [0.3, 0.4) is 0 Å². The van der Waals surface area contributed by atoms with Crippen LogP contribution in [0.15, 0.2) is 0 Å². The van der Waals surface area contributed by atoms with Crippen molar-refractivity contribution in [2.45, 2.75) is 19.0 Å². The summed E-state index contributed by atoms with van der Waals surface area (Å²) < 4.78 is 30.1. The van der Waals surface area contributed by atoms with Crippen LogP contribution in [-0.4, -0.2) is 104 Å². The third kappa shape index (κ3) is 6.52. The van der Waals surface area contributed by atoms with Crippen LogP contribution in [0.2, 0.25) is 0 Å². The average molecular weight is 307 g/mol. The highest BCUT2D eigenvalue weighted by molar-refractivity contribution is 4.75. The molecule has 0 radical (unpaired) electrons. The van der Waals surface area contributed by atoms with Crippen LogP contribution in [0.5, 0.6) is 0 Å². The number of hydrogen-bond acceptors (Lipinski definition) is 5. The summed E-state index contributed by atoms with van der Waals surface area (Å²) in [5.74, 6) is 0. The summed E-state index contributed by atoms with van der Waals surface area (Å²) in [6, 6.07) is 0. The van der Waals surface area contributed by atoms with Gasteiger partial charge in [0, 0.05) is 39.3 Å². The Kier molecular flexibility index (Phi) is 7.25. The Balaban J connectivity index is 1.67. The van der Waals surface area contributed by atoms with Crippen molar-refractivity contribution in [1.82, 2.24) is 14.7 Å². The molecule has 7 heteroatoms. The molecule has 1 N–H and O–H groups in total. The third-order valence-electron chi connectivity index (χ3n) is 4.12. The quantitative estimate of drug-likeness (QED) is 0.745. The molecule has 0 saturated carbocycles. The van der Waals surface area contributed by atoms with Crippen LogP contribution in [-0.2, 0) is 4.74 Å². The SMILES string of the molecule is OC(CN1CCOCC1)CN1CCCN(CC(F)F)CC1. The van der Waals surface area contributed by atoms with Gasteiger partial charge in [-0.2, -0.15) is 0 Å². The summed E-state index contributed by atoms with van der Waals surface area (Å²) in [6.07, 6.45) is -1.76. The lowest BCUT2D eigenvalue weighted by Crippen LogP contribution is -2.45. The normalized spacial score (nSPS) is 25.1. The topological polar surface area (TPSA) is 39.2 Å². The fourth-order valence-electron chi connectivity index (χ4n) is 3.02. The number of hydrogen-bond donors (Lipinski definition) is 1. The first-order valence-corrected chi connectivity index (χ1v) is 7.84. The van der Waals surface area contributed by atoms with Gasteiger partial charge in [-0.25, -0.2) is 8.78 Å². The molecular weight excluding hydrogens is 280 g/mol. The van der Waals surface area contributed by atoms with Crippen LogP contribution in [0.4, 0.5) is 8.78 Å². The molecule has 0 aliphatic carbocycles. The summed E-state index contributed by atoms with van der Waals surface area (Å²) in [7, 11) is 0. The van der Waals surface area contributed by atoms with Gasteiger partial charge in [0.1, 0.15) is 0 Å². The zero-order valence-electron chi connectivity index (χ0n) is 12.6. The molecule has 2 fully saturated rings. The number of rotatable bonds is 6. The molecule has 5 nitrogen and oxygen atoms in total. The van der Waals surface area contributed by atoms with Crippen molar-refractivity contribution >= 4 is 0 Å². The smallest absolute Gasteiger partial charge is 0.251 e. The molecule has 0 aromatic rings. The van der Waals surface area contributed by atoms with E-state index in [2.05, 4.69) is 9.80 Å². The molecule has 2 saturated heterocycles. The van der Waals surface area contributed by atoms with Gasteiger partial charge in [0.05, 0.1) is 25.9 Å². The second-order valence-corrected chi connectivity index (χ2v) is 5.91. The van der Waals surface area contributed by atoms with Gasteiger partial charge in [0.2, 0.25) is 0 Å². The zero-order chi connectivity index (χ0) is 15.1. The molecule has 2 aliphatic rings. The van der Waals surface area contributed by atoms with Gasteiger partial charge in [-0.1, -0.05) is 0 Å². The molecule has 0 aromatic carbocycles. The second-order valence-electron chi connectivity index (χ2n) is 5.91. The van der Waals surface area contributed by atoms with Crippen molar-refractivity contribution < 1.29 is 18.6 Å². The van der Waals surface area contributed by atoms with Crippen molar-refractivity contribution in [2.75, 3.05) is 72.1 Å². The lowest BCUT2D eigenvalue weighted by molar-refractivity contribution is 0.00706. The molecule has 1 unspecified atom stereocenters. The molecule has 0 amide bonds. The maximum atomic E-state index is 12.4. The van der Waals surface area contributed by atoms with Crippen LogP contribution in [0.1, 0.15) is 6.42 Å². The number of halogens is 2. The molecule has 0 bridgehead atoms. The Hall–Kier alpha value is -0.340. The fourth-order valence-corrected chi connectivity index (χ4v) is 3.02. The standard InChI is InChI=1S/C14H27F2N3O2/c15-14(16)12-18-3-1-2-17(4-5-18)10-13(20)11-19-6-8-21-9-7-19/h13-14,20H,1-12H2. The first-order chi connectivity index (χ1) is 10.1. The molecule has 124 valence electrons. The maximum absolute atomic E-state index is 12.4. The molecule has 1 atom stereocenters. The van der Waals surface area contributed by atoms with Gasteiger partial charge >= 0.3 is 0 Å². The van der Waals surface area contributed by atoms with Gasteiger partial charge in [-0.05, 0) is 19.5 Å². The van der Waals surface area contributed by atoms with E-state index >= 15 is 0 Å². The number of alkyl halides is 2. The van der Waals surface area contributed by atoms with E-state index in [4.69, 9.17) is 4.74 Å². The van der Waals surface area contributed by atoms with E-state index in [1.807, 2.05) is 4.90 Å². The predicted molar refractivity (Wildman–Crippen MR) is 76.8 cm³/mol. The van der Waals surface area contributed by atoms with E-state index < -0.39 is 6.43 Å². The minimum atomic E-state index is -2.26. The molecule has 2 heterocycles. The Morgan fingerprint density at radius 1 is 0.810 bits per heavy atom. The van der Waals surface area contributed by atoms with E-state index in [1.165, 1.54) is 0 Å². The number of nitrogens with zero attached hydrogens (tertiary/aromatic N) is 3. The van der Waals surface area contributed by atoms with E-state index in [-0.39, 0.29) is 12.6 Å². The molecule has 2 aliphatic heterocycles. The number of aliphatic hydroxyl groups excluding tert-OH is 1. The average Bonchev–Trinajstić information content (AvgIpc) is 2.65. The summed E-state index contributed by atoms with van der Waals surface area (Å²) in [5.41, 5.74) is 0. The van der Waals surface area contributed by atoms with Crippen molar-refractivity contribution in [3.63, 3.8) is 0 Å². The Labute approximate surface area is 125 Å². The lowest BCUT2D eigenvalue weighted by atomic mass is 10.2. The second kappa shape index (κ2) is 8.95. The molecule has 2 rings (SSSR count). The van der Waals surface area contributed by atoms with E-state index in [0.29, 0.717) is 19.6 Å². The number of aliphatic hydroxyl groups is 1. The van der Waals surface area contributed by atoms with Crippen LogP contribution < -0.4 is 0 Å². The van der Waals surface area contributed by atoms with Crippen molar-refractivity contribution in [3.8, 4) is 0 Å². The Bertz CT molecular complexity index is 291. The molecular formula is C14H27F2N3O2. The number of morpholine rings is 1. The van der Waals surface area contributed by atoms with Crippen molar-refractivity contribution in [3.05, 3.63) is 0 Å². The fraction of sp³-hybridized carbons (Fsp3) is 1.00. The highest BCUT2D eigenvalue weighted by Crippen LogP contribution is 2.07. The Morgan fingerprint density at radius 3 is 1.90 bits per heavy atom. The predicted octanol–water partition coefficient (Wildman–Crippen LogP) is -0.0477. The maximum Gasteiger partial charge on any atom is 0.251 e. The molecule has 0 aromatic heterocycles. The van der Waals surface area contributed by atoms with Crippen molar-refractivity contribution in [1.29, 1.82) is 0 Å². The third-order valence-corrected chi connectivity index (χ3v) is 4.12. The zero-order valence-corrected chi connectivity index (χ0v) is 12.6. The van der Waals surface area contributed by atoms with Crippen LogP contribution in [0.25, 0.3) is 0 Å². The van der Waals surface area contributed by atoms with Gasteiger partial charge < -0.3 is 9.84 Å². The monoisotopic (exact) mass is 307 g/mol. The van der Waals surface area contributed by atoms with Crippen molar-refractivity contribution in [2.24, 2.45) is 0 Å². The van der Waals surface area contributed by atoms with Gasteiger partial charge in [0.25, 0.3) is 6.43 Å². The highest BCUT2D eigenvalue weighted by Gasteiger charge is 2.21. The number of β-amino-alcohol motifs (C(OH)–C–C–N with tert-alkyl or cyclic N) is 1. The largest absolute Gasteiger partial charge is 0.390 e. The minimum absolute atomic E-state index is 0.135. The summed E-state index contributed by atoms with van der Waals surface area (Å²) in [4.78, 5) is 6.23. The lowest BCUT2D eigenvalue weighted by Gasteiger charge is -2.30. The molecule has 21 heavy (non-hydrogen) atoms. The van der Waals surface area contributed by atoms with Gasteiger partial charge in [0.15, 0.2) is 0 Å². The molecule has 0 spiro atoms. The van der Waals surface area contributed by atoms with Crippen LogP contribution >= 0.6 is 0 Å². The minimum Gasteiger partial charge on any atom is -0.390 e. The van der Waals surface area contributed by atoms with Gasteiger partial charge in [-0.3, -0.25) is 14.7 Å². The van der Waals surface area contributed by atoms with E-state index in [9.17, 15) is 13.9 Å². The summed E-state index contributed by atoms with van der Waals surface area (Å²) in [6.45, 7) is 7.39. The Morgan fingerprint density at radius 2 is 1.33 bits per heavy atom. The van der Waals surface area contributed by atoms with E-state index in [1.54, 1.807) is 0 Å². The van der Waals surface area contributed by atoms with E-state index in [0.717, 1.165) is 52.4 Å². The first-order valence-electron chi connectivity index (χ1n) is 7.84. The van der Waals surface area contributed by atoms with Crippen LogP contribution in [0, 0.1) is 0 Å². The highest BCUT2D eigenvalue weighted by atomic mass is 19.3. The summed E-state index contributed by atoms with van der Waals surface area (Å²) in [5, 5.41) is 10.2. The summed E-state index contributed by atoms with van der Waals surface area (Å²) >= 11 is 0.